The van der Waals surface area contributed by atoms with Gasteiger partial charge in [-0.15, -0.1) is 0 Å². The molecule has 2 aromatic carbocycles. The number of carbonyl (C=O) groups is 2. The third-order valence-electron chi connectivity index (χ3n) is 2.90. The Labute approximate surface area is 139 Å². The van der Waals surface area contributed by atoms with E-state index in [4.69, 9.17) is 4.74 Å². The third-order valence-corrected chi connectivity index (χ3v) is 3.39. The fourth-order valence-corrected chi connectivity index (χ4v) is 2.12. The molecule has 0 saturated heterocycles. The lowest BCUT2D eigenvalue weighted by molar-refractivity contribution is -0.123. The van der Waals surface area contributed by atoms with Crippen molar-refractivity contribution in [1.82, 2.24) is 0 Å². The maximum Gasteiger partial charge on any atom is 0.338 e. The van der Waals surface area contributed by atoms with Crippen molar-refractivity contribution in [3.8, 4) is 0 Å². The van der Waals surface area contributed by atoms with Crippen LogP contribution in [0.1, 0.15) is 17.3 Å². The summed E-state index contributed by atoms with van der Waals surface area (Å²) < 4.78 is 32.2. The molecule has 1 atom stereocenters. The van der Waals surface area contributed by atoms with Gasteiger partial charge in [0.1, 0.15) is 11.6 Å². The third kappa shape index (κ3) is 4.59. The number of halogens is 3. The van der Waals surface area contributed by atoms with Crippen molar-refractivity contribution in [3.63, 3.8) is 0 Å². The number of nitrogens with one attached hydrogen (secondary N) is 1. The summed E-state index contributed by atoms with van der Waals surface area (Å²) in [7, 11) is 0. The second kappa shape index (κ2) is 7.32. The van der Waals surface area contributed by atoms with Crippen molar-refractivity contribution in [2.24, 2.45) is 0 Å². The van der Waals surface area contributed by atoms with Gasteiger partial charge in [-0.05, 0) is 37.3 Å². The average Bonchev–Trinajstić information content (AvgIpc) is 2.50. The second-order valence-electron chi connectivity index (χ2n) is 4.67. The van der Waals surface area contributed by atoms with Crippen molar-refractivity contribution >= 4 is 33.5 Å². The van der Waals surface area contributed by atoms with E-state index in [0.29, 0.717) is 4.47 Å². The maximum atomic E-state index is 13.5. The predicted octanol–water partition coefficient (Wildman–Crippen LogP) is 3.91. The molecular weight excluding hydrogens is 372 g/mol. The summed E-state index contributed by atoms with van der Waals surface area (Å²) in [5, 5.41) is 2.18. The van der Waals surface area contributed by atoms with E-state index in [9.17, 15) is 18.4 Å². The molecule has 4 nitrogen and oxygen atoms in total. The number of benzene rings is 2. The van der Waals surface area contributed by atoms with Crippen LogP contribution < -0.4 is 5.32 Å². The molecule has 2 rings (SSSR count). The highest BCUT2D eigenvalue weighted by Crippen LogP contribution is 2.17. The first-order chi connectivity index (χ1) is 10.9. The van der Waals surface area contributed by atoms with Crippen molar-refractivity contribution in [3.05, 3.63) is 64.1 Å². The number of hydrogen-bond donors (Lipinski definition) is 1. The molecule has 7 heteroatoms. The van der Waals surface area contributed by atoms with Gasteiger partial charge in [-0.25, -0.2) is 13.6 Å². The number of ether oxygens (including phenoxy) is 1. The molecule has 0 spiro atoms. The van der Waals surface area contributed by atoms with Gasteiger partial charge in [-0.3, -0.25) is 4.79 Å². The Morgan fingerprint density at radius 1 is 1.17 bits per heavy atom. The zero-order valence-corrected chi connectivity index (χ0v) is 13.6. The summed E-state index contributed by atoms with van der Waals surface area (Å²) in [6, 6.07) is 9.12. The first-order valence-electron chi connectivity index (χ1n) is 6.59. The van der Waals surface area contributed by atoms with E-state index in [-0.39, 0.29) is 11.3 Å². The van der Waals surface area contributed by atoms with E-state index >= 15 is 0 Å². The molecule has 1 N–H and O–H groups in total. The molecule has 23 heavy (non-hydrogen) atoms. The van der Waals surface area contributed by atoms with E-state index in [1.54, 1.807) is 18.2 Å². The number of esters is 1. The monoisotopic (exact) mass is 383 g/mol. The van der Waals surface area contributed by atoms with E-state index in [0.717, 1.165) is 18.2 Å². The molecule has 0 aliphatic rings. The molecule has 0 saturated carbocycles. The van der Waals surface area contributed by atoms with Gasteiger partial charge in [-0.1, -0.05) is 22.0 Å². The second-order valence-corrected chi connectivity index (χ2v) is 5.59. The van der Waals surface area contributed by atoms with Gasteiger partial charge in [0.25, 0.3) is 5.91 Å². The Balaban J connectivity index is 2.02. The molecule has 0 heterocycles. The fourth-order valence-electron chi connectivity index (χ4n) is 1.73. The van der Waals surface area contributed by atoms with Gasteiger partial charge in [0.05, 0.1) is 11.3 Å². The first-order valence-corrected chi connectivity index (χ1v) is 7.38. The van der Waals surface area contributed by atoms with Crippen molar-refractivity contribution in [2.45, 2.75) is 13.0 Å². The van der Waals surface area contributed by atoms with Crippen LogP contribution in [0.5, 0.6) is 0 Å². The van der Waals surface area contributed by atoms with Crippen LogP contribution in [0.15, 0.2) is 46.9 Å². The summed E-state index contributed by atoms with van der Waals surface area (Å²) in [6.07, 6.45) is -1.18. The zero-order chi connectivity index (χ0) is 17.0. The Morgan fingerprint density at radius 3 is 2.61 bits per heavy atom. The van der Waals surface area contributed by atoms with Crippen LogP contribution in [-0.2, 0) is 9.53 Å². The van der Waals surface area contributed by atoms with Crippen LogP contribution >= 0.6 is 15.9 Å². The van der Waals surface area contributed by atoms with Crippen LogP contribution in [0.25, 0.3) is 0 Å². The lowest BCUT2D eigenvalue weighted by atomic mass is 10.2. The van der Waals surface area contributed by atoms with E-state index in [1.807, 2.05) is 0 Å². The molecule has 0 aliphatic carbocycles. The number of hydrogen-bond acceptors (Lipinski definition) is 3. The lowest BCUT2D eigenvalue weighted by Gasteiger charge is -2.14. The molecule has 0 bridgehead atoms. The van der Waals surface area contributed by atoms with Gasteiger partial charge >= 0.3 is 5.97 Å². The highest BCUT2D eigenvalue weighted by atomic mass is 79.9. The summed E-state index contributed by atoms with van der Waals surface area (Å²) in [4.78, 5) is 23.9. The van der Waals surface area contributed by atoms with E-state index in [1.165, 1.54) is 13.0 Å². The zero-order valence-electron chi connectivity index (χ0n) is 12.0. The highest BCUT2D eigenvalue weighted by molar-refractivity contribution is 9.10. The van der Waals surface area contributed by atoms with Crippen molar-refractivity contribution in [2.75, 3.05) is 5.32 Å². The maximum absolute atomic E-state index is 13.5. The molecule has 0 fully saturated rings. The molecule has 1 amide bonds. The van der Waals surface area contributed by atoms with E-state index in [2.05, 4.69) is 21.2 Å². The van der Waals surface area contributed by atoms with Gasteiger partial charge in [0.15, 0.2) is 6.10 Å². The average molecular weight is 384 g/mol. The number of anilines is 1. The molecular formula is C16H12BrF2NO3. The minimum Gasteiger partial charge on any atom is -0.449 e. The lowest BCUT2D eigenvalue weighted by Crippen LogP contribution is -2.30. The Hall–Kier alpha value is -2.28. The van der Waals surface area contributed by atoms with Crippen molar-refractivity contribution < 1.29 is 23.1 Å². The quantitative estimate of drug-likeness (QED) is 0.814. The van der Waals surface area contributed by atoms with Crippen LogP contribution in [0.4, 0.5) is 14.5 Å². The van der Waals surface area contributed by atoms with Crippen molar-refractivity contribution in [1.29, 1.82) is 0 Å². The van der Waals surface area contributed by atoms with Crippen LogP contribution in [0, 0.1) is 11.6 Å². The molecule has 0 radical (unpaired) electrons. The minimum atomic E-state index is -1.18. The largest absolute Gasteiger partial charge is 0.449 e. The van der Waals surface area contributed by atoms with Crippen LogP contribution in [0.3, 0.4) is 0 Å². The normalized spacial score (nSPS) is 11.7. The highest BCUT2D eigenvalue weighted by Gasteiger charge is 2.20. The topological polar surface area (TPSA) is 55.4 Å². The Morgan fingerprint density at radius 2 is 1.91 bits per heavy atom. The van der Waals surface area contributed by atoms with Gasteiger partial charge in [0, 0.05) is 10.5 Å². The number of carbonyl (C=O) groups excluding carboxylic acids is 2. The minimum absolute atomic E-state index is 0.260. The Bertz CT molecular complexity index is 752. The molecule has 0 aromatic heterocycles. The summed E-state index contributed by atoms with van der Waals surface area (Å²) in [6.45, 7) is 1.34. The Kier molecular flexibility index (Phi) is 5.44. The van der Waals surface area contributed by atoms with Gasteiger partial charge in [-0.2, -0.15) is 0 Å². The number of amides is 1. The molecule has 0 aliphatic heterocycles. The predicted molar refractivity (Wildman–Crippen MR) is 84.0 cm³/mol. The standard InChI is InChI=1S/C16H12BrF2NO3/c1-9(23-16(22)10-3-2-4-11(17)7-10)15(21)20-14-8-12(18)5-6-13(14)19/h2-9H,1H3,(H,20,21). The fraction of sp³-hybridized carbons (Fsp3) is 0.125. The molecule has 2 aromatic rings. The molecule has 120 valence electrons. The molecule has 1 unspecified atom stereocenters. The van der Waals surface area contributed by atoms with Gasteiger partial charge in [0.2, 0.25) is 0 Å². The van der Waals surface area contributed by atoms with Crippen LogP contribution in [0.2, 0.25) is 0 Å². The smallest absolute Gasteiger partial charge is 0.338 e. The SMILES string of the molecule is CC(OC(=O)c1cccc(Br)c1)C(=O)Nc1cc(F)ccc1F. The first kappa shape index (κ1) is 17.1. The number of rotatable bonds is 4. The van der Waals surface area contributed by atoms with E-state index < -0.39 is 29.6 Å². The van der Waals surface area contributed by atoms with Crippen LogP contribution in [-0.4, -0.2) is 18.0 Å². The summed E-state index contributed by atoms with van der Waals surface area (Å²) >= 11 is 3.22. The summed E-state index contributed by atoms with van der Waals surface area (Å²) in [5.41, 5.74) is -0.0590. The summed E-state index contributed by atoms with van der Waals surface area (Å²) in [5.74, 6) is -2.95. The van der Waals surface area contributed by atoms with Gasteiger partial charge < -0.3 is 10.1 Å².